The zero-order valence-electron chi connectivity index (χ0n) is 2.84. The molecule has 5 heteroatoms. The fourth-order valence-corrected chi connectivity index (χ4v) is 0.309. The van der Waals surface area contributed by atoms with Gasteiger partial charge in [-0.3, -0.25) is 10.6 Å². The van der Waals surface area contributed by atoms with E-state index in [0.29, 0.717) is 0 Å². The maximum Gasteiger partial charge on any atom is 0.259 e. The number of hydrogen-bond donors (Lipinski definition) is 3. The summed E-state index contributed by atoms with van der Waals surface area (Å²) in [4.78, 5) is 11.8. The lowest BCUT2D eigenvalue weighted by molar-refractivity contribution is 0.277. The van der Waals surface area contributed by atoms with Crippen LogP contribution < -0.4 is 10.7 Å². The number of carbonyl (C=O) groups is 1. The number of carbonyl (C=O) groups excluding carboxylic acids is 1. The van der Waals surface area contributed by atoms with Gasteiger partial charge in [-0.1, -0.05) is 12.6 Å². The third-order valence-electron chi connectivity index (χ3n) is 0.146. The average Bonchev–Trinajstić information content (AvgIpc) is 1.35. The minimum atomic E-state index is -0.336. The molecule has 0 radical (unpaired) electrons. The third kappa shape index (κ3) is 4.29. The summed E-state index contributed by atoms with van der Waals surface area (Å²) in [7, 11) is 0. The number of nitrogens with two attached hydrogens (primary N) is 1. The van der Waals surface area contributed by atoms with Gasteiger partial charge in [-0.25, -0.2) is 0 Å². The van der Waals surface area contributed by atoms with Gasteiger partial charge in [0, 0.05) is 11.9 Å². The van der Waals surface area contributed by atoms with Gasteiger partial charge < -0.3 is 0 Å². The largest absolute Gasteiger partial charge is 0.273 e. The average molecular weight is 124 g/mol. The molecule has 0 rings (SSSR count). The van der Waals surface area contributed by atoms with Crippen LogP contribution in [0.15, 0.2) is 0 Å². The molecule has 6 heavy (non-hydrogen) atoms. The van der Waals surface area contributed by atoms with Gasteiger partial charge in [-0.05, 0) is 0 Å². The van der Waals surface area contributed by atoms with Crippen LogP contribution >= 0.6 is 24.6 Å². The summed E-state index contributed by atoms with van der Waals surface area (Å²) in [6.45, 7) is 0. The second kappa shape index (κ2) is 3.48. The first-order chi connectivity index (χ1) is 2.77. The Hall–Kier alpha value is 0.290. The molecule has 0 amide bonds. The Bertz CT molecular complexity index is 55.5. The van der Waals surface area contributed by atoms with Gasteiger partial charge in [0.1, 0.15) is 0 Å². The third-order valence-corrected chi connectivity index (χ3v) is 0.713. The summed E-state index contributed by atoms with van der Waals surface area (Å²) in [6, 6.07) is 0. The van der Waals surface area contributed by atoms with Crippen LogP contribution in [0.4, 0.5) is 4.79 Å². The van der Waals surface area contributed by atoms with E-state index in [-0.39, 0.29) is 4.45 Å². The van der Waals surface area contributed by atoms with Crippen LogP contribution in [0.5, 0.6) is 0 Å². The van der Waals surface area contributed by atoms with E-state index >= 15 is 0 Å². The summed E-state index contributed by atoms with van der Waals surface area (Å²) in [6.07, 6.45) is 0. The highest BCUT2D eigenvalue weighted by Gasteiger charge is 1.85. The zero-order chi connectivity index (χ0) is 4.99. The van der Waals surface area contributed by atoms with Crippen molar-refractivity contribution in [3.05, 3.63) is 0 Å². The lowest BCUT2D eigenvalue weighted by Crippen LogP contribution is -2.12. The fraction of sp³-hybridized carbons (Fsp3) is 0. The molecular formula is CH4N2OS2. The molecule has 3 nitrogen and oxygen atoms in total. The Morgan fingerprint density at radius 2 is 2.50 bits per heavy atom. The normalized spacial score (nSPS) is 8.33. The molecule has 3 N–H and O–H groups in total. The van der Waals surface area contributed by atoms with Gasteiger partial charge in [0.25, 0.3) is 4.45 Å². The molecule has 0 aliphatic carbocycles. The predicted molar refractivity (Wildman–Crippen MR) is 29.3 cm³/mol. The summed E-state index contributed by atoms with van der Waals surface area (Å²) in [5, 5.41) is 0. The Kier molecular flexibility index (Phi) is 3.65. The number of nitrogens with one attached hydrogen (secondary N) is 1. The van der Waals surface area contributed by atoms with Gasteiger partial charge in [-0.2, -0.15) is 4.83 Å². The number of hydrazine groups is 1. The van der Waals surface area contributed by atoms with Crippen molar-refractivity contribution in [1.29, 1.82) is 0 Å². The van der Waals surface area contributed by atoms with Gasteiger partial charge in [0.2, 0.25) is 0 Å². The molecule has 0 aromatic rings. The molecule has 0 atom stereocenters. The van der Waals surface area contributed by atoms with Crippen molar-refractivity contribution >= 4 is 29.0 Å². The maximum atomic E-state index is 9.73. The van der Waals surface area contributed by atoms with E-state index in [4.69, 9.17) is 0 Å². The van der Waals surface area contributed by atoms with Crippen LogP contribution in [0.25, 0.3) is 0 Å². The molecule has 0 aromatic carbocycles. The number of hydrogen-bond acceptors (Lipinski definition) is 4. The van der Waals surface area contributed by atoms with E-state index in [2.05, 4.69) is 23.3 Å². The van der Waals surface area contributed by atoms with Crippen LogP contribution in [-0.4, -0.2) is 4.45 Å². The fourth-order valence-electron chi connectivity index (χ4n) is 0.0504. The second-order valence-corrected chi connectivity index (χ2v) is 2.01. The highest BCUT2D eigenvalue weighted by atomic mass is 32.2. The highest BCUT2D eigenvalue weighted by Crippen LogP contribution is 1.96. The minimum absolute atomic E-state index is 0.336. The molecular weight excluding hydrogens is 120 g/mol. The van der Waals surface area contributed by atoms with E-state index in [0.717, 1.165) is 11.9 Å². The molecule has 0 bridgehead atoms. The van der Waals surface area contributed by atoms with Crippen LogP contribution in [0.3, 0.4) is 0 Å². The molecule has 0 aliphatic heterocycles. The van der Waals surface area contributed by atoms with Gasteiger partial charge in [0.15, 0.2) is 0 Å². The Morgan fingerprint density at radius 3 is 2.50 bits per heavy atom. The molecule has 0 unspecified atom stereocenters. The standard InChI is InChI=1S/CH4N2OS2/c2-3-6-1(4)5/h3H,2H2,(H,4,5). The van der Waals surface area contributed by atoms with Gasteiger partial charge in [-0.15, -0.1) is 0 Å². The lowest BCUT2D eigenvalue weighted by Gasteiger charge is -1.83. The molecule has 0 fully saturated rings. The SMILES string of the molecule is NNSC(=O)S. The van der Waals surface area contributed by atoms with Crippen LogP contribution in [0.2, 0.25) is 0 Å². The van der Waals surface area contributed by atoms with Crippen molar-refractivity contribution in [2.75, 3.05) is 0 Å². The van der Waals surface area contributed by atoms with E-state index in [1.807, 2.05) is 0 Å². The molecule has 0 aliphatic rings. The summed E-state index contributed by atoms with van der Waals surface area (Å²) >= 11 is 4.10. The minimum Gasteiger partial charge on any atom is -0.273 e. The topological polar surface area (TPSA) is 55.1 Å². The van der Waals surface area contributed by atoms with Crippen molar-refractivity contribution < 1.29 is 4.79 Å². The molecule has 0 saturated carbocycles. The zero-order valence-corrected chi connectivity index (χ0v) is 4.55. The summed E-state index contributed by atoms with van der Waals surface area (Å²) in [5.74, 6) is 4.67. The van der Waals surface area contributed by atoms with Crippen LogP contribution in [0, 0.1) is 0 Å². The van der Waals surface area contributed by atoms with Crippen molar-refractivity contribution in [1.82, 2.24) is 4.83 Å². The van der Waals surface area contributed by atoms with E-state index in [9.17, 15) is 4.79 Å². The van der Waals surface area contributed by atoms with Gasteiger partial charge in [0.05, 0.1) is 0 Å². The highest BCUT2D eigenvalue weighted by molar-refractivity contribution is 8.31. The molecule has 0 aromatic heterocycles. The molecule has 0 spiro atoms. The molecule has 36 valence electrons. The Morgan fingerprint density at radius 1 is 2.00 bits per heavy atom. The summed E-state index contributed by atoms with van der Waals surface area (Å²) in [5.41, 5.74) is 0. The van der Waals surface area contributed by atoms with Crippen LogP contribution in [-0.2, 0) is 0 Å². The first-order valence-corrected chi connectivity index (χ1v) is 2.39. The predicted octanol–water partition coefficient (Wildman–Crippen LogP) is 0.148. The van der Waals surface area contributed by atoms with E-state index in [1.54, 1.807) is 0 Å². The quantitative estimate of drug-likeness (QED) is 0.201. The van der Waals surface area contributed by atoms with E-state index < -0.39 is 0 Å². The molecule has 0 heterocycles. The van der Waals surface area contributed by atoms with Crippen molar-refractivity contribution in [3.63, 3.8) is 0 Å². The second-order valence-electron chi connectivity index (χ2n) is 0.486. The van der Waals surface area contributed by atoms with Gasteiger partial charge >= 0.3 is 0 Å². The number of rotatable bonds is 1. The first kappa shape index (κ1) is 6.29. The Balaban J connectivity index is 2.83. The first-order valence-electron chi connectivity index (χ1n) is 1.12. The monoisotopic (exact) mass is 124 g/mol. The Labute approximate surface area is 45.2 Å². The summed E-state index contributed by atoms with van der Waals surface area (Å²) < 4.78 is -0.336. The number of thiol groups is 1. The lowest BCUT2D eigenvalue weighted by atomic mass is 11.8. The van der Waals surface area contributed by atoms with Crippen molar-refractivity contribution in [3.8, 4) is 0 Å². The maximum absolute atomic E-state index is 9.73. The van der Waals surface area contributed by atoms with Crippen molar-refractivity contribution in [2.24, 2.45) is 5.84 Å². The molecule has 0 saturated heterocycles. The van der Waals surface area contributed by atoms with Crippen LogP contribution in [0.1, 0.15) is 0 Å². The smallest absolute Gasteiger partial charge is 0.259 e. The van der Waals surface area contributed by atoms with Crippen molar-refractivity contribution in [2.45, 2.75) is 0 Å². The van der Waals surface area contributed by atoms with E-state index in [1.165, 1.54) is 0 Å².